The molecule has 1 aromatic carbocycles. The molecule has 1 atom stereocenters. The molecule has 0 saturated heterocycles. The molecule has 5 nitrogen and oxygen atoms in total. The predicted octanol–water partition coefficient (Wildman–Crippen LogP) is 3.83. The third-order valence-corrected chi connectivity index (χ3v) is 7.13. The molecule has 1 amide bonds. The van der Waals surface area contributed by atoms with Crippen LogP contribution in [-0.4, -0.2) is 15.3 Å². The van der Waals surface area contributed by atoms with Crippen LogP contribution in [0.25, 0.3) is 4.96 Å². The van der Waals surface area contributed by atoms with Crippen molar-refractivity contribution in [1.82, 2.24) is 14.7 Å². The van der Waals surface area contributed by atoms with Gasteiger partial charge < -0.3 is 5.32 Å². The Hall–Kier alpha value is -2.47. The maximum Gasteiger partial charge on any atom is 0.271 e. The first kappa shape index (κ1) is 17.6. The summed E-state index contributed by atoms with van der Waals surface area (Å²) in [6, 6.07) is 8.20. The smallest absolute Gasteiger partial charge is 0.271 e. The minimum Gasteiger partial charge on any atom is -0.345 e. The summed E-state index contributed by atoms with van der Waals surface area (Å²) >= 11 is 1.59. The zero-order valence-corrected chi connectivity index (χ0v) is 16.6. The lowest BCUT2D eigenvalue weighted by Crippen LogP contribution is -2.35. The molecule has 0 fully saturated rings. The maximum absolute atomic E-state index is 13.2. The number of thiazole rings is 1. The summed E-state index contributed by atoms with van der Waals surface area (Å²) in [4.78, 5) is 32.6. The topological polar surface area (TPSA) is 63.5 Å². The number of hydrogen-bond donors (Lipinski definition) is 1. The van der Waals surface area contributed by atoms with Crippen molar-refractivity contribution in [2.24, 2.45) is 0 Å². The molecule has 5 rings (SSSR count). The molecule has 3 aromatic rings. The molecule has 0 unspecified atom stereocenters. The van der Waals surface area contributed by atoms with E-state index in [0.717, 1.165) is 50.6 Å². The number of carbonyl (C=O) groups excluding carboxylic acids is 1. The molecule has 0 saturated carbocycles. The minimum absolute atomic E-state index is 0.0443. The van der Waals surface area contributed by atoms with Crippen LogP contribution in [0.1, 0.15) is 70.2 Å². The van der Waals surface area contributed by atoms with Crippen LogP contribution >= 0.6 is 11.3 Å². The van der Waals surface area contributed by atoms with E-state index in [1.807, 2.05) is 12.1 Å². The van der Waals surface area contributed by atoms with Crippen LogP contribution in [-0.2, 0) is 19.3 Å². The van der Waals surface area contributed by atoms with E-state index in [-0.39, 0.29) is 23.1 Å². The normalized spacial score (nSPS) is 18.9. The molecule has 0 radical (unpaired) electrons. The van der Waals surface area contributed by atoms with Crippen LogP contribution in [0.4, 0.5) is 0 Å². The number of amides is 1. The van der Waals surface area contributed by atoms with E-state index in [4.69, 9.17) is 0 Å². The zero-order chi connectivity index (χ0) is 19.1. The molecule has 1 N–H and O–H groups in total. The standard InChI is InChI=1S/C22H23N3O2S/c26-20(24-17-10-6-8-14-7-4-5-9-15(14)17)16-13-23-22-25(21(16)27)18-11-2-1-3-12-19(18)28-22/h4-5,7,9,13,17H,1-3,6,8,10-12H2,(H,24,26)/t17-/m1/s1. The highest BCUT2D eigenvalue weighted by Crippen LogP contribution is 2.30. The van der Waals surface area contributed by atoms with E-state index in [9.17, 15) is 9.59 Å². The number of rotatable bonds is 2. The fourth-order valence-electron chi connectivity index (χ4n) is 4.54. The van der Waals surface area contributed by atoms with Crippen molar-refractivity contribution in [2.75, 3.05) is 0 Å². The van der Waals surface area contributed by atoms with Gasteiger partial charge in [-0.2, -0.15) is 0 Å². The van der Waals surface area contributed by atoms with Crippen LogP contribution in [0.5, 0.6) is 0 Å². The summed E-state index contributed by atoms with van der Waals surface area (Å²) in [6.07, 6.45) is 9.75. The second-order valence-corrected chi connectivity index (χ2v) is 8.81. The number of nitrogens with one attached hydrogen (secondary N) is 1. The summed E-state index contributed by atoms with van der Waals surface area (Å²) in [7, 11) is 0. The van der Waals surface area contributed by atoms with E-state index in [1.54, 1.807) is 15.7 Å². The summed E-state index contributed by atoms with van der Waals surface area (Å²) in [6.45, 7) is 0. The lowest BCUT2D eigenvalue weighted by atomic mass is 9.87. The third-order valence-electron chi connectivity index (χ3n) is 5.97. The summed E-state index contributed by atoms with van der Waals surface area (Å²) in [5.74, 6) is -0.317. The molecule has 0 spiro atoms. The van der Waals surface area contributed by atoms with Gasteiger partial charge in [0.25, 0.3) is 11.5 Å². The minimum atomic E-state index is -0.317. The Morgan fingerprint density at radius 1 is 1.11 bits per heavy atom. The van der Waals surface area contributed by atoms with Gasteiger partial charge in [0, 0.05) is 16.8 Å². The molecule has 2 aromatic heterocycles. The van der Waals surface area contributed by atoms with Crippen LogP contribution in [0.2, 0.25) is 0 Å². The lowest BCUT2D eigenvalue weighted by Gasteiger charge is -2.26. The monoisotopic (exact) mass is 393 g/mol. The molecule has 2 aliphatic carbocycles. The Morgan fingerprint density at radius 3 is 2.89 bits per heavy atom. The van der Waals surface area contributed by atoms with Gasteiger partial charge in [0.2, 0.25) is 0 Å². The van der Waals surface area contributed by atoms with Gasteiger partial charge in [-0.3, -0.25) is 14.0 Å². The molecule has 28 heavy (non-hydrogen) atoms. The van der Waals surface area contributed by atoms with Crippen LogP contribution in [0.15, 0.2) is 35.3 Å². The van der Waals surface area contributed by atoms with Gasteiger partial charge >= 0.3 is 0 Å². The van der Waals surface area contributed by atoms with Crippen LogP contribution in [0.3, 0.4) is 0 Å². The Labute approximate surface area is 167 Å². The Bertz CT molecular complexity index is 1110. The van der Waals surface area contributed by atoms with Gasteiger partial charge in [-0.15, -0.1) is 11.3 Å². The van der Waals surface area contributed by atoms with E-state index in [1.165, 1.54) is 28.6 Å². The molecule has 2 heterocycles. The molecule has 144 valence electrons. The van der Waals surface area contributed by atoms with Crippen molar-refractivity contribution in [3.05, 3.63) is 68.1 Å². The van der Waals surface area contributed by atoms with Gasteiger partial charge in [0.05, 0.1) is 6.04 Å². The first-order valence-electron chi connectivity index (χ1n) is 10.1. The fourth-order valence-corrected chi connectivity index (χ4v) is 5.71. The van der Waals surface area contributed by atoms with Crippen LogP contribution < -0.4 is 10.9 Å². The number of carbonyl (C=O) groups is 1. The maximum atomic E-state index is 13.2. The lowest BCUT2D eigenvalue weighted by molar-refractivity contribution is 0.0930. The summed E-state index contributed by atoms with van der Waals surface area (Å²) in [5.41, 5.74) is 3.43. The van der Waals surface area contributed by atoms with Crippen molar-refractivity contribution >= 4 is 22.2 Å². The highest BCUT2D eigenvalue weighted by Gasteiger charge is 2.25. The molecule has 0 aliphatic heterocycles. The average Bonchev–Trinajstić information content (AvgIpc) is 2.91. The van der Waals surface area contributed by atoms with Gasteiger partial charge in [-0.25, -0.2) is 4.98 Å². The number of hydrogen-bond acceptors (Lipinski definition) is 4. The SMILES string of the molecule is O=C(N[C@@H]1CCCc2ccccc21)c1cnc2sc3c(n2c1=O)CCCCC3. The number of fused-ring (bicyclic) bond motifs is 4. The Balaban J connectivity index is 1.50. The number of benzene rings is 1. The van der Waals surface area contributed by atoms with E-state index < -0.39 is 0 Å². The largest absolute Gasteiger partial charge is 0.345 e. The highest BCUT2D eigenvalue weighted by molar-refractivity contribution is 7.17. The quantitative estimate of drug-likeness (QED) is 0.673. The molecule has 0 bridgehead atoms. The third kappa shape index (κ3) is 2.96. The van der Waals surface area contributed by atoms with Crippen molar-refractivity contribution in [1.29, 1.82) is 0 Å². The summed E-state index contributed by atoms with van der Waals surface area (Å²) < 4.78 is 1.69. The Morgan fingerprint density at radius 2 is 1.96 bits per heavy atom. The van der Waals surface area contributed by atoms with Gasteiger partial charge in [-0.05, 0) is 56.1 Å². The second kappa shape index (κ2) is 7.17. The van der Waals surface area contributed by atoms with Crippen molar-refractivity contribution < 1.29 is 4.79 Å². The number of nitrogens with zero attached hydrogens (tertiary/aromatic N) is 2. The molecule has 2 aliphatic rings. The first-order chi connectivity index (χ1) is 13.7. The van der Waals surface area contributed by atoms with Gasteiger partial charge in [0.15, 0.2) is 4.96 Å². The number of aryl methyl sites for hydroxylation is 3. The van der Waals surface area contributed by atoms with E-state index in [2.05, 4.69) is 22.4 Å². The fraction of sp³-hybridized carbons (Fsp3) is 0.409. The highest BCUT2D eigenvalue weighted by atomic mass is 32.1. The second-order valence-electron chi connectivity index (χ2n) is 7.74. The predicted molar refractivity (Wildman–Crippen MR) is 110 cm³/mol. The van der Waals surface area contributed by atoms with Gasteiger partial charge in [-0.1, -0.05) is 30.7 Å². The van der Waals surface area contributed by atoms with Crippen molar-refractivity contribution in [2.45, 2.75) is 57.4 Å². The summed E-state index contributed by atoms with van der Waals surface area (Å²) in [5, 5.41) is 3.09. The molecule has 6 heteroatoms. The Kier molecular flexibility index (Phi) is 4.51. The number of aromatic nitrogens is 2. The van der Waals surface area contributed by atoms with Gasteiger partial charge in [0.1, 0.15) is 5.56 Å². The van der Waals surface area contributed by atoms with Crippen LogP contribution in [0, 0.1) is 0 Å². The first-order valence-corrected chi connectivity index (χ1v) is 10.9. The average molecular weight is 394 g/mol. The van der Waals surface area contributed by atoms with E-state index >= 15 is 0 Å². The van der Waals surface area contributed by atoms with Crippen molar-refractivity contribution in [3.63, 3.8) is 0 Å². The van der Waals surface area contributed by atoms with Crippen molar-refractivity contribution in [3.8, 4) is 0 Å². The molecular weight excluding hydrogens is 370 g/mol. The molecular formula is C22H23N3O2S. The zero-order valence-electron chi connectivity index (χ0n) is 15.7. The van der Waals surface area contributed by atoms with E-state index in [0.29, 0.717) is 4.96 Å².